The first-order valence-corrected chi connectivity index (χ1v) is 26.8. The molecular weight excluding hydrogens is 933 g/mol. The van der Waals surface area contributed by atoms with Crippen molar-refractivity contribution >= 4 is 93.3 Å². The van der Waals surface area contributed by atoms with Gasteiger partial charge in [-0.2, -0.15) is 0 Å². The van der Waals surface area contributed by atoms with Crippen molar-refractivity contribution in [3.05, 3.63) is 278 Å². The Kier molecular flexibility index (Phi) is 9.35. The zero-order valence-electron chi connectivity index (χ0n) is 42.7. The lowest BCUT2D eigenvalue weighted by molar-refractivity contribution is 0.660. The highest BCUT2D eigenvalue weighted by Crippen LogP contribution is 2.53. The van der Waals surface area contributed by atoms with Gasteiger partial charge in [-0.05, 0) is 137 Å². The molecule has 0 radical (unpaired) electrons. The maximum absolute atomic E-state index is 2.49. The van der Waals surface area contributed by atoms with Gasteiger partial charge in [0.25, 0.3) is 0 Å². The van der Waals surface area contributed by atoms with Gasteiger partial charge in [0.2, 0.25) is 0 Å². The number of benzene rings is 12. The molecule has 0 fully saturated rings. The van der Waals surface area contributed by atoms with E-state index in [1.807, 2.05) is 0 Å². The van der Waals surface area contributed by atoms with E-state index < -0.39 is 0 Å². The van der Waals surface area contributed by atoms with E-state index in [2.05, 4.69) is 299 Å². The first-order chi connectivity index (χ1) is 38.0. The lowest BCUT2D eigenvalue weighted by Gasteiger charge is -2.30. The fourth-order valence-corrected chi connectivity index (χ4v) is 13.3. The van der Waals surface area contributed by atoms with Crippen LogP contribution >= 0.6 is 0 Å². The highest BCUT2D eigenvalue weighted by Gasteiger charge is 2.37. The second-order valence-corrected chi connectivity index (χ2v) is 21.3. The first kappa shape index (κ1) is 43.5. The molecule has 0 unspecified atom stereocenters. The Bertz CT molecular complexity index is 4790. The van der Waals surface area contributed by atoms with Crippen LogP contribution in [-0.2, 0) is 5.41 Å². The quantitative estimate of drug-likeness (QED) is 0.156. The van der Waals surface area contributed by atoms with Crippen molar-refractivity contribution in [1.82, 2.24) is 13.7 Å². The second-order valence-electron chi connectivity index (χ2n) is 21.3. The molecule has 12 aromatic carbocycles. The van der Waals surface area contributed by atoms with E-state index in [9.17, 15) is 0 Å². The van der Waals surface area contributed by atoms with Gasteiger partial charge in [-0.1, -0.05) is 178 Å². The summed E-state index contributed by atoms with van der Waals surface area (Å²) in [7, 11) is 0. The first-order valence-electron chi connectivity index (χ1n) is 26.8. The maximum Gasteiger partial charge on any atom is 0.0547 e. The van der Waals surface area contributed by atoms with Gasteiger partial charge in [-0.15, -0.1) is 0 Å². The lowest BCUT2D eigenvalue weighted by Crippen LogP contribution is -2.17. The van der Waals surface area contributed by atoms with Crippen LogP contribution in [0.15, 0.2) is 267 Å². The summed E-state index contributed by atoms with van der Waals surface area (Å²) in [5.74, 6) is 0. The third-order valence-electron chi connectivity index (χ3n) is 16.8. The molecule has 0 saturated carbocycles. The number of hydrogen-bond acceptors (Lipinski definition) is 1. The van der Waals surface area contributed by atoms with Crippen molar-refractivity contribution in [1.29, 1.82) is 0 Å². The summed E-state index contributed by atoms with van der Waals surface area (Å²) in [4.78, 5) is 2.49. The van der Waals surface area contributed by atoms with Gasteiger partial charge >= 0.3 is 0 Å². The third kappa shape index (κ3) is 6.39. The lowest BCUT2D eigenvalue weighted by atomic mass is 9.81. The molecular formula is C73H50N4. The van der Waals surface area contributed by atoms with Crippen LogP contribution in [0.3, 0.4) is 0 Å². The summed E-state index contributed by atoms with van der Waals surface area (Å²) in [6.45, 7) is 4.81. The molecule has 0 aliphatic heterocycles. The van der Waals surface area contributed by atoms with Crippen molar-refractivity contribution < 1.29 is 0 Å². The molecule has 1 aliphatic rings. The minimum absolute atomic E-state index is 0.283. The molecule has 0 bridgehead atoms. The number of anilines is 3. The maximum atomic E-state index is 2.49. The van der Waals surface area contributed by atoms with Crippen LogP contribution in [0.2, 0.25) is 0 Å². The van der Waals surface area contributed by atoms with E-state index in [1.54, 1.807) is 0 Å². The van der Waals surface area contributed by atoms with Gasteiger partial charge < -0.3 is 18.6 Å². The summed E-state index contributed by atoms with van der Waals surface area (Å²) >= 11 is 0. The van der Waals surface area contributed by atoms with Gasteiger partial charge in [0, 0.05) is 71.3 Å². The number of fused-ring (bicyclic) bond motifs is 13. The van der Waals surface area contributed by atoms with Crippen LogP contribution in [0.1, 0.15) is 25.0 Å². The zero-order chi connectivity index (χ0) is 50.9. The van der Waals surface area contributed by atoms with E-state index in [0.29, 0.717) is 0 Å². The molecule has 0 N–H and O–H groups in total. The van der Waals surface area contributed by atoms with Gasteiger partial charge in [0.05, 0.1) is 44.5 Å². The molecule has 4 nitrogen and oxygen atoms in total. The minimum atomic E-state index is -0.283. The molecule has 3 heterocycles. The van der Waals surface area contributed by atoms with Crippen LogP contribution in [0.4, 0.5) is 17.1 Å². The largest absolute Gasteiger partial charge is 0.310 e. The molecule has 0 spiro atoms. The van der Waals surface area contributed by atoms with Gasteiger partial charge in [0.1, 0.15) is 0 Å². The number of nitrogens with zero attached hydrogens (tertiary/aromatic N) is 4. The Hall–Kier alpha value is -9.90. The predicted octanol–water partition coefficient (Wildman–Crippen LogP) is 19.6. The number of rotatable bonds is 7. The molecule has 1 aliphatic carbocycles. The molecule has 15 aromatic rings. The van der Waals surface area contributed by atoms with Crippen molar-refractivity contribution in [3.63, 3.8) is 0 Å². The van der Waals surface area contributed by atoms with Crippen LogP contribution in [0, 0.1) is 0 Å². The van der Waals surface area contributed by atoms with Crippen LogP contribution in [0.5, 0.6) is 0 Å². The zero-order valence-corrected chi connectivity index (χ0v) is 42.7. The summed E-state index contributed by atoms with van der Waals surface area (Å²) < 4.78 is 7.26. The fourth-order valence-electron chi connectivity index (χ4n) is 13.3. The van der Waals surface area contributed by atoms with E-state index in [0.717, 1.165) is 34.1 Å². The Balaban J connectivity index is 0.853. The molecule has 362 valence electrons. The van der Waals surface area contributed by atoms with Gasteiger partial charge in [0.15, 0.2) is 0 Å². The standard InChI is InChI=1S/C73H50N4/c1-73(2)63-44-47(48-33-40-62-61-26-10-15-29-67(61)76(72(62)45-48)49-18-4-3-5-19-49)32-39-53(63)54-41-38-52(46-64(54)73)74(50-34-36-51(37-35-50)75-65-27-13-8-22-55(65)56-23-9-14-28-66(56)75)70-42-43-71(60-21-7-6-20-59(60)70)77-68-30-16-11-24-57(68)58-25-12-17-31-69(58)77/h3-46H,1-2H3. The number of para-hydroxylation sites is 6. The SMILES string of the molecule is CC1(C)c2cc(-c3ccc4c5ccccc5n(-c5ccccc5)c4c3)ccc2-c2ccc(N(c3ccc(-n4c5ccccc5c5ccccc54)cc3)c3ccc(-n4c5ccccc5c5ccccc54)c4ccccc34)cc21. The molecule has 0 saturated heterocycles. The second kappa shape index (κ2) is 16.6. The fraction of sp³-hybridized carbons (Fsp3) is 0.0411. The van der Waals surface area contributed by atoms with Crippen molar-refractivity contribution in [2.45, 2.75) is 19.3 Å². The summed E-state index contributed by atoms with van der Waals surface area (Å²) in [5, 5.41) is 9.90. The van der Waals surface area contributed by atoms with Gasteiger partial charge in [-0.3, -0.25) is 0 Å². The molecule has 4 heteroatoms. The monoisotopic (exact) mass is 982 g/mol. The summed E-state index contributed by atoms with van der Waals surface area (Å²) in [5.41, 5.74) is 21.4. The average Bonchev–Trinajstić information content (AvgIpc) is 4.40. The topological polar surface area (TPSA) is 18.0 Å². The molecule has 16 rings (SSSR count). The highest BCUT2D eigenvalue weighted by atomic mass is 15.1. The van der Waals surface area contributed by atoms with Crippen molar-refractivity contribution in [2.24, 2.45) is 0 Å². The number of aromatic nitrogens is 3. The molecule has 77 heavy (non-hydrogen) atoms. The van der Waals surface area contributed by atoms with E-state index in [-0.39, 0.29) is 5.41 Å². The smallest absolute Gasteiger partial charge is 0.0547 e. The summed E-state index contributed by atoms with van der Waals surface area (Å²) in [6.07, 6.45) is 0. The Labute approximate surface area is 446 Å². The highest BCUT2D eigenvalue weighted by molar-refractivity contribution is 6.13. The van der Waals surface area contributed by atoms with Crippen LogP contribution in [0.25, 0.3) is 116 Å². The van der Waals surface area contributed by atoms with E-state index in [4.69, 9.17) is 0 Å². The number of hydrogen-bond donors (Lipinski definition) is 0. The molecule has 0 amide bonds. The Morgan fingerprint density at radius 3 is 1.29 bits per heavy atom. The normalized spacial score (nSPS) is 12.9. The van der Waals surface area contributed by atoms with Crippen molar-refractivity contribution in [2.75, 3.05) is 4.90 Å². The predicted molar refractivity (Wildman–Crippen MR) is 325 cm³/mol. The molecule has 0 atom stereocenters. The Morgan fingerprint density at radius 2 is 0.701 bits per heavy atom. The Morgan fingerprint density at radius 1 is 0.286 bits per heavy atom. The van der Waals surface area contributed by atoms with E-state index in [1.165, 1.54) is 110 Å². The van der Waals surface area contributed by atoms with Crippen molar-refractivity contribution in [3.8, 4) is 39.3 Å². The molecule has 3 aromatic heterocycles. The van der Waals surface area contributed by atoms with Crippen LogP contribution in [-0.4, -0.2) is 13.7 Å². The van der Waals surface area contributed by atoms with E-state index >= 15 is 0 Å². The average molecular weight is 983 g/mol. The van der Waals surface area contributed by atoms with Crippen LogP contribution < -0.4 is 4.90 Å². The minimum Gasteiger partial charge on any atom is -0.310 e. The summed E-state index contributed by atoms with van der Waals surface area (Å²) in [6, 6.07) is 98.8. The third-order valence-corrected chi connectivity index (χ3v) is 16.8. The van der Waals surface area contributed by atoms with Gasteiger partial charge in [-0.25, -0.2) is 0 Å².